The van der Waals surface area contributed by atoms with Crippen LogP contribution in [0.4, 0.5) is 4.39 Å². The Morgan fingerprint density at radius 2 is 1.89 bits per heavy atom. The van der Waals surface area contributed by atoms with Crippen LogP contribution in [0.3, 0.4) is 0 Å². The van der Waals surface area contributed by atoms with Gasteiger partial charge in [0, 0.05) is 29.7 Å². The zero-order valence-corrected chi connectivity index (χ0v) is 11.2. The normalized spacial score (nSPS) is 10.3. The summed E-state index contributed by atoms with van der Waals surface area (Å²) in [6.45, 7) is 0. The number of carbonyl (C=O) groups excluding carboxylic acids is 1. The van der Waals surface area contributed by atoms with Gasteiger partial charge in [0.05, 0.1) is 0 Å². The van der Waals surface area contributed by atoms with Gasteiger partial charge in [0.25, 0.3) is 0 Å². The van der Waals surface area contributed by atoms with E-state index < -0.39 is 0 Å². The number of Topliss-reactive ketones (excluding diaryl/α,β-unsaturated/α-hetero) is 1. The number of hydrogen-bond acceptors (Lipinski definition) is 2. The second kappa shape index (κ2) is 5.87. The van der Waals surface area contributed by atoms with Crippen molar-refractivity contribution in [2.24, 2.45) is 0 Å². The van der Waals surface area contributed by atoms with Gasteiger partial charge in [-0.15, -0.1) is 0 Å². The molecule has 0 saturated heterocycles. The molecule has 0 radical (unpaired) electrons. The maximum absolute atomic E-state index is 13.6. The SMILES string of the molecule is O=C(Cc1ccncc1)Cc1ccc(Br)cc1F. The number of aromatic nitrogens is 1. The Morgan fingerprint density at radius 3 is 2.56 bits per heavy atom. The van der Waals surface area contributed by atoms with Crippen molar-refractivity contribution in [1.82, 2.24) is 4.98 Å². The molecule has 1 aromatic carbocycles. The van der Waals surface area contributed by atoms with E-state index in [0.29, 0.717) is 16.5 Å². The number of ketones is 1. The van der Waals surface area contributed by atoms with Gasteiger partial charge in [-0.1, -0.05) is 22.0 Å². The fourth-order valence-corrected chi connectivity index (χ4v) is 2.00. The van der Waals surface area contributed by atoms with E-state index in [1.54, 1.807) is 36.7 Å². The lowest BCUT2D eigenvalue weighted by molar-refractivity contribution is -0.117. The maximum atomic E-state index is 13.6. The van der Waals surface area contributed by atoms with Gasteiger partial charge in [-0.05, 0) is 35.4 Å². The first-order valence-electron chi connectivity index (χ1n) is 5.49. The summed E-state index contributed by atoms with van der Waals surface area (Å²) in [5, 5.41) is 0. The number of rotatable bonds is 4. The summed E-state index contributed by atoms with van der Waals surface area (Å²) in [5.74, 6) is -0.366. The quantitative estimate of drug-likeness (QED) is 0.867. The lowest BCUT2D eigenvalue weighted by atomic mass is 10.0. The smallest absolute Gasteiger partial charge is 0.141 e. The third-order valence-electron chi connectivity index (χ3n) is 2.55. The summed E-state index contributed by atoms with van der Waals surface area (Å²) in [6, 6.07) is 8.31. The summed E-state index contributed by atoms with van der Waals surface area (Å²) < 4.78 is 14.2. The molecule has 0 fully saturated rings. The van der Waals surface area contributed by atoms with E-state index in [0.717, 1.165) is 5.56 Å². The Labute approximate surface area is 113 Å². The Hall–Kier alpha value is -1.55. The Morgan fingerprint density at radius 1 is 1.17 bits per heavy atom. The molecule has 4 heteroatoms. The monoisotopic (exact) mass is 307 g/mol. The molecule has 1 heterocycles. The van der Waals surface area contributed by atoms with Crippen LogP contribution < -0.4 is 0 Å². The second-order valence-electron chi connectivity index (χ2n) is 3.98. The first kappa shape index (κ1) is 12.9. The van der Waals surface area contributed by atoms with Gasteiger partial charge in [-0.2, -0.15) is 0 Å². The molecule has 1 aromatic heterocycles. The van der Waals surface area contributed by atoms with E-state index in [-0.39, 0.29) is 18.0 Å². The van der Waals surface area contributed by atoms with E-state index in [1.807, 2.05) is 0 Å². The van der Waals surface area contributed by atoms with Gasteiger partial charge in [-0.3, -0.25) is 9.78 Å². The minimum atomic E-state index is -0.354. The molecule has 2 rings (SSSR count). The Balaban J connectivity index is 2.03. The Kier molecular flexibility index (Phi) is 4.20. The van der Waals surface area contributed by atoms with Crippen LogP contribution in [0.25, 0.3) is 0 Å². The number of hydrogen-bond donors (Lipinski definition) is 0. The summed E-state index contributed by atoms with van der Waals surface area (Å²) in [5.41, 5.74) is 1.32. The van der Waals surface area contributed by atoms with Gasteiger partial charge in [0.15, 0.2) is 0 Å². The molecule has 0 atom stereocenters. The van der Waals surface area contributed by atoms with Gasteiger partial charge >= 0.3 is 0 Å². The van der Waals surface area contributed by atoms with Crippen molar-refractivity contribution >= 4 is 21.7 Å². The molecular formula is C14H11BrFNO. The van der Waals surface area contributed by atoms with Crippen LogP contribution in [-0.2, 0) is 17.6 Å². The fraction of sp³-hybridized carbons (Fsp3) is 0.143. The van der Waals surface area contributed by atoms with Crippen LogP contribution >= 0.6 is 15.9 Å². The maximum Gasteiger partial charge on any atom is 0.141 e. The number of pyridine rings is 1. The number of halogens is 2. The van der Waals surface area contributed by atoms with Crippen molar-refractivity contribution in [3.8, 4) is 0 Å². The van der Waals surface area contributed by atoms with Crippen LogP contribution in [0.1, 0.15) is 11.1 Å². The average molecular weight is 308 g/mol. The molecule has 18 heavy (non-hydrogen) atoms. The molecule has 0 N–H and O–H groups in total. The van der Waals surface area contributed by atoms with E-state index in [1.165, 1.54) is 6.07 Å². The van der Waals surface area contributed by atoms with Crippen molar-refractivity contribution in [2.75, 3.05) is 0 Å². The molecule has 0 amide bonds. The highest BCUT2D eigenvalue weighted by Crippen LogP contribution is 2.16. The molecule has 0 unspecified atom stereocenters. The molecule has 0 bridgehead atoms. The number of carbonyl (C=O) groups is 1. The van der Waals surface area contributed by atoms with Crippen molar-refractivity contribution < 1.29 is 9.18 Å². The zero-order chi connectivity index (χ0) is 13.0. The molecule has 0 spiro atoms. The summed E-state index contributed by atoms with van der Waals surface area (Å²) in [7, 11) is 0. The number of benzene rings is 1. The topological polar surface area (TPSA) is 30.0 Å². The lowest BCUT2D eigenvalue weighted by Gasteiger charge is -2.03. The van der Waals surface area contributed by atoms with Crippen molar-refractivity contribution in [2.45, 2.75) is 12.8 Å². The molecule has 2 aromatic rings. The van der Waals surface area contributed by atoms with Crippen molar-refractivity contribution in [3.63, 3.8) is 0 Å². The van der Waals surface area contributed by atoms with Gasteiger partial charge in [0.2, 0.25) is 0 Å². The van der Waals surface area contributed by atoms with Crippen LogP contribution in [0, 0.1) is 5.82 Å². The van der Waals surface area contributed by atoms with Crippen LogP contribution in [-0.4, -0.2) is 10.8 Å². The Bertz CT molecular complexity index is 557. The highest BCUT2D eigenvalue weighted by Gasteiger charge is 2.09. The third kappa shape index (κ3) is 3.47. The molecule has 0 saturated carbocycles. The second-order valence-corrected chi connectivity index (χ2v) is 4.90. The third-order valence-corrected chi connectivity index (χ3v) is 3.05. The van der Waals surface area contributed by atoms with Crippen LogP contribution in [0.2, 0.25) is 0 Å². The zero-order valence-electron chi connectivity index (χ0n) is 9.57. The highest BCUT2D eigenvalue weighted by atomic mass is 79.9. The minimum Gasteiger partial charge on any atom is -0.299 e. The van der Waals surface area contributed by atoms with Crippen molar-refractivity contribution in [1.29, 1.82) is 0 Å². The predicted molar refractivity (Wildman–Crippen MR) is 70.8 cm³/mol. The fourth-order valence-electron chi connectivity index (χ4n) is 1.67. The van der Waals surface area contributed by atoms with E-state index in [2.05, 4.69) is 20.9 Å². The minimum absolute atomic E-state index is 0.0116. The van der Waals surface area contributed by atoms with Gasteiger partial charge in [-0.25, -0.2) is 4.39 Å². The predicted octanol–water partition coefficient (Wildman–Crippen LogP) is 3.34. The molecule has 0 aliphatic heterocycles. The summed E-state index contributed by atoms with van der Waals surface area (Å²) in [4.78, 5) is 15.7. The molecule has 0 aliphatic rings. The first-order valence-corrected chi connectivity index (χ1v) is 6.29. The van der Waals surface area contributed by atoms with Gasteiger partial charge in [0.1, 0.15) is 11.6 Å². The van der Waals surface area contributed by atoms with Gasteiger partial charge < -0.3 is 0 Å². The standard InChI is InChI=1S/C14H11BrFNO/c15-12-2-1-11(14(16)9-12)8-13(18)7-10-3-5-17-6-4-10/h1-6,9H,7-8H2. The van der Waals surface area contributed by atoms with Crippen LogP contribution in [0.15, 0.2) is 47.2 Å². The van der Waals surface area contributed by atoms with Crippen LogP contribution in [0.5, 0.6) is 0 Å². The van der Waals surface area contributed by atoms with Crippen molar-refractivity contribution in [3.05, 3.63) is 64.1 Å². The largest absolute Gasteiger partial charge is 0.299 e. The molecule has 0 aliphatic carbocycles. The van der Waals surface area contributed by atoms with E-state index in [9.17, 15) is 9.18 Å². The average Bonchev–Trinajstić information content (AvgIpc) is 2.34. The molecular weight excluding hydrogens is 297 g/mol. The molecule has 92 valence electrons. The highest BCUT2D eigenvalue weighted by molar-refractivity contribution is 9.10. The lowest BCUT2D eigenvalue weighted by Crippen LogP contribution is -2.08. The molecule has 2 nitrogen and oxygen atoms in total. The number of nitrogens with zero attached hydrogens (tertiary/aromatic N) is 1. The summed E-state index contributed by atoms with van der Waals surface area (Å²) in [6.07, 6.45) is 3.70. The summed E-state index contributed by atoms with van der Waals surface area (Å²) >= 11 is 3.18. The van der Waals surface area contributed by atoms with E-state index in [4.69, 9.17) is 0 Å². The first-order chi connectivity index (χ1) is 8.65. The van der Waals surface area contributed by atoms with E-state index >= 15 is 0 Å².